The van der Waals surface area contributed by atoms with Crippen LogP contribution in [0.2, 0.25) is 0 Å². The molecule has 3 heterocycles. The number of benzene rings is 1. The van der Waals surface area contributed by atoms with Gasteiger partial charge in [0.05, 0.1) is 10.2 Å². The van der Waals surface area contributed by atoms with Crippen LogP contribution < -0.4 is 15.9 Å². The lowest BCUT2D eigenvalue weighted by Gasteiger charge is -1.98. The Morgan fingerprint density at radius 3 is 2.84 bits per heavy atom. The smallest absolute Gasteiger partial charge is 0.318 e. The first kappa shape index (κ1) is 15.3. The molecule has 8 nitrogen and oxygen atoms in total. The van der Waals surface area contributed by atoms with Crippen LogP contribution in [0, 0.1) is 0 Å². The Kier molecular flexibility index (Phi) is 3.69. The highest BCUT2D eigenvalue weighted by atomic mass is 32.1. The number of nitrogens with one attached hydrogen (secondary N) is 1. The topological polar surface area (TPSA) is 85.7 Å². The third-order valence-corrected chi connectivity index (χ3v) is 4.89. The second kappa shape index (κ2) is 6.02. The van der Waals surface area contributed by atoms with Crippen LogP contribution in [0.5, 0.6) is 0 Å². The van der Waals surface area contributed by atoms with Gasteiger partial charge in [0, 0.05) is 13.2 Å². The second-order valence-corrected chi connectivity index (χ2v) is 6.44. The van der Waals surface area contributed by atoms with Crippen molar-refractivity contribution in [1.29, 1.82) is 0 Å². The molecular weight excluding hydrogens is 340 g/mol. The number of pyridine rings is 1. The van der Waals surface area contributed by atoms with E-state index in [4.69, 9.17) is 0 Å². The van der Waals surface area contributed by atoms with Crippen LogP contribution in [0.4, 0.5) is 0 Å². The fourth-order valence-electron chi connectivity index (χ4n) is 2.54. The highest BCUT2D eigenvalue weighted by Crippen LogP contribution is 2.14. The number of thiazole rings is 1. The van der Waals surface area contributed by atoms with Crippen molar-refractivity contribution in [2.24, 2.45) is 12.1 Å². The Hall–Kier alpha value is -3.20. The highest BCUT2D eigenvalue weighted by molar-refractivity contribution is 7.16. The number of para-hydroxylation sites is 1. The molecule has 1 N–H and O–H groups in total. The van der Waals surface area contributed by atoms with Gasteiger partial charge in [0.25, 0.3) is 5.91 Å². The normalized spacial score (nSPS) is 12.1. The van der Waals surface area contributed by atoms with Crippen molar-refractivity contribution in [3.63, 3.8) is 0 Å². The summed E-state index contributed by atoms with van der Waals surface area (Å²) in [5.41, 5.74) is 3.66. The summed E-state index contributed by atoms with van der Waals surface area (Å²) in [7, 11) is 1.89. The van der Waals surface area contributed by atoms with E-state index >= 15 is 0 Å². The molecule has 4 rings (SSSR count). The number of nitrogens with zero attached hydrogens (tertiary/aromatic N) is 5. The second-order valence-electron chi connectivity index (χ2n) is 5.43. The highest BCUT2D eigenvalue weighted by Gasteiger charge is 2.10. The van der Waals surface area contributed by atoms with E-state index in [1.54, 1.807) is 24.4 Å². The fourth-order valence-corrected chi connectivity index (χ4v) is 3.52. The molecule has 1 aromatic carbocycles. The van der Waals surface area contributed by atoms with Gasteiger partial charge in [0.2, 0.25) is 4.80 Å². The number of rotatable bonds is 3. The number of carbonyl (C=O) groups excluding carboxylic acids is 1. The van der Waals surface area contributed by atoms with Gasteiger partial charge in [-0.15, -0.1) is 10.2 Å². The van der Waals surface area contributed by atoms with E-state index in [9.17, 15) is 9.59 Å². The van der Waals surface area contributed by atoms with Gasteiger partial charge in [-0.05, 0) is 24.3 Å². The first-order valence-electron chi connectivity index (χ1n) is 7.55. The van der Waals surface area contributed by atoms with Crippen LogP contribution in [0.1, 0.15) is 0 Å². The standard InChI is InChI=1S/C16H14N6O2S/c1-20-11-6-2-3-7-12(11)25-15(20)18-17-14(23)10-22-16(24)21-9-5-4-8-13(21)19-22/h2-9H,10H2,1H3,(H,17,23)/b18-15-. The summed E-state index contributed by atoms with van der Waals surface area (Å²) in [6.45, 7) is -0.196. The van der Waals surface area contributed by atoms with E-state index in [2.05, 4.69) is 15.6 Å². The summed E-state index contributed by atoms with van der Waals surface area (Å²) in [5, 5.41) is 8.28. The molecule has 1 amide bonds. The van der Waals surface area contributed by atoms with Crippen LogP contribution in [-0.4, -0.2) is 24.7 Å². The van der Waals surface area contributed by atoms with Crippen LogP contribution in [0.25, 0.3) is 15.9 Å². The van der Waals surface area contributed by atoms with Gasteiger partial charge in [-0.1, -0.05) is 29.5 Å². The zero-order chi connectivity index (χ0) is 17.4. The number of aryl methyl sites for hydroxylation is 1. The first-order chi connectivity index (χ1) is 12.1. The van der Waals surface area contributed by atoms with E-state index in [0.717, 1.165) is 14.9 Å². The minimum absolute atomic E-state index is 0.196. The maximum absolute atomic E-state index is 12.2. The molecule has 0 fully saturated rings. The minimum Gasteiger partial charge on any atom is -0.318 e. The zero-order valence-electron chi connectivity index (χ0n) is 13.3. The molecule has 3 aromatic heterocycles. The minimum atomic E-state index is -0.414. The van der Waals surface area contributed by atoms with Crippen LogP contribution in [-0.2, 0) is 18.4 Å². The number of hydrogen-bond acceptors (Lipinski definition) is 5. The SMILES string of the molecule is Cn1/c(=N/NC(=O)Cn2nc3ccccn3c2=O)sc2ccccc21. The lowest BCUT2D eigenvalue weighted by Crippen LogP contribution is -2.31. The molecule has 0 bridgehead atoms. The number of amides is 1. The quantitative estimate of drug-likeness (QED) is 0.549. The summed E-state index contributed by atoms with van der Waals surface area (Å²) in [5.74, 6) is -0.414. The van der Waals surface area contributed by atoms with Gasteiger partial charge in [-0.3, -0.25) is 9.20 Å². The summed E-state index contributed by atoms with van der Waals surface area (Å²) >= 11 is 1.47. The molecule has 0 saturated carbocycles. The van der Waals surface area contributed by atoms with Crippen molar-refractivity contribution in [3.05, 3.63) is 63.9 Å². The van der Waals surface area contributed by atoms with Crippen LogP contribution in [0.3, 0.4) is 0 Å². The summed E-state index contributed by atoms with van der Waals surface area (Å²) < 4.78 is 5.48. The zero-order valence-corrected chi connectivity index (χ0v) is 14.1. The summed E-state index contributed by atoms with van der Waals surface area (Å²) in [6, 6.07) is 13.1. The molecule has 126 valence electrons. The molecule has 4 aromatic rings. The van der Waals surface area contributed by atoms with Gasteiger partial charge in [0.15, 0.2) is 5.65 Å². The fraction of sp³-hybridized carbons (Fsp3) is 0.125. The molecule has 0 atom stereocenters. The average Bonchev–Trinajstić information content (AvgIpc) is 3.11. The van der Waals surface area contributed by atoms with E-state index in [1.165, 1.54) is 15.7 Å². The van der Waals surface area contributed by atoms with Crippen molar-refractivity contribution < 1.29 is 4.79 Å². The molecule has 0 spiro atoms. The van der Waals surface area contributed by atoms with Gasteiger partial charge in [-0.2, -0.15) is 0 Å². The van der Waals surface area contributed by atoms with E-state index in [1.807, 2.05) is 35.9 Å². The van der Waals surface area contributed by atoms with Crippen LogP contribution in [0.15, 0.2) is 58.6 Å². The molecule has 0 saturated heterocycles. The molecule has 0 unspecified atom stereocenters. The van der Waals surface area contributed by atoms with Crippen LogP contribution >= 0.6 is 11.3 Å². The summed E-state index contributed by atoms with van der Waals surface area (Å²) in [4.78, 5) is 24.9. The Morgan fingerprint density at radius 2 is 2.04 bits per heavy atom. The van der Waals surface area contributed by atoms with Crippen molar-refractivity contribution in [1.82, 2.24) is 24.2 Å². The predicted octanol–water partition coefficient (Wildman–Crippen LogP) is 0.681. The molecule has 0 radical (unpaired) electrons. The van der Waals surface area contributed by atoms with Crippen molar-refractivity contribution in [3.8, 4) is 0 Å². The molecule has 9 heteroatoms. The maximum Gasteiger partial charge on any atom is 0.350 e. The maximum atomic E-state index is 12.2. The Balaban J connectivity index is 1.58. The van der Waals surface area contributed by atoms with Gasteiger partial charge in [0.1, 0.15) is 6.54 Å². The Morgan fingerprint density at radius 1 is 1.24 bits per heavy atom. The molecule has 0 aliphatic heterocycles. The number of hydrogen-bond donors (Lipinski definition) is 1. The van der Waals surface area contributed by atoms with E-state index < -0.39 is 5.91 Å². The first-order valence-corrected chi connectivity index (χ1v) is 8.36. The van der Waals surface area contributed by atoms with Gasteiger partial charge >= 0.3 is 5.69 Å². The molecule has 0 aliphatic rings. The third-order valence-electron chi connectivity index (χ3n) is 3.77. The molecule has 0 aliphatic carbocycles. The van der Waals surface area contributed by atoms with Crippen molar-refractivity contribution >= 4 is 33.1 Å². The van der Waals surface area contributed by atoms with Gasteiger partial charge < -0.3 is 4.57 Å². The average molecular weight is 354 g/mol. The largest absolute Gasteiger partial charge is 0.350 e. The Labute approximate surface area is 145 Å². The Bertz CT molecular complexity index is 1210. The van der Waals surface area contributed by atoms with E-state index in [0.29, 0.717) is 10.4 Å². The van der Waals surface area contributed by atoms with E-state index in [-0.39, 0.29) is 12.2 Å². The monoisotopic (exact) mass is 354 g/mol. The molecule has 25 heavy (non-hydrogen) atoms. The molecular formula is C16H14N6O2S. The number of carbonyl (C=O) groups is 1. The summed E-state index contributed by atoms with van der Waals surface area (Å²) in [6.07, 6.45) is 1.61. The lowest BCUT2D eigenvalue weighted by atomic mass is 10.3. The van der Waals surface area contributed by atoms with Crippen molar-refractivity contribution in [2.45, 2.75) is 6.54 Å². The number of aromatic nitrogens is 4. The van der Waals surface area contributed by atoms with Gasteiger partial charge in [-0.25, -0.2) is 14.9 Å². The number of fused-ring (bicyclic) bond motifs is 2. The predicted molar refractivity (Wildman–Crippen MR) is 94.0 cm³/mol. The lowest BCUT2D eigenvalue weighted by molar-refractivity contribution is -0.121. The van der Waals surface area contributed by atoms with Crippen molar-refractivity contribution in [2.75, 3.05) is 0 Å². The third kappa shape index (κ3) is 2.74.